The molecule has 78 valence electrons. The van der Waals surface area contributed by atoms with Gasteiger partial charge in [0.2, 0.25) is 0 Å². The van der Waals surface area contributed by atoms with Gasteiger partial charge in [-0.1, -0.05) is 50.1 Å². The fraction of sp³-hybridized carbons (Fsp3) is 0.455. The molecule has 0 aliphatic carbocycles. The predicted octanol–water partition coefficient (Wildman–Crippen LogP) is 3.56. The van der Waals surface area contributed by atoms with E-state index < -0.39 is 0 Å². The van der Waals surface area contributed by atoms with E-state index in [1.54, 1.807) is 0 Å². The zero-order chi connectivity index (χ0) is 10.6. The lowest BCUT2D eigenvalue weighted by Crippen LogP contribution is -1.83. The molecule has 0 aliphatic rings. The quantitative estimate of drug-likeness (QED) is 0.453. The van der Waals surface area contributed by atoms with Gasteiger partial charge in [-0.15, -0.1) is 4.91 Å². The number of unbranched alkanes of at least 4 members (excludes halogenated alkanes) is 2. The van der Waals surface area contributed by atoms with Gasteiger partial charge >= 0.3 is 0 Å². The van der Waals surface area contributed by atoms with E-state index in [1.165, 1.54) is 36.6 Å². The molecule has 0 aromatic heterocycles. The molecule has 1 rings (SSSR count). The van der Waals surface area contributed by atoms with E-state index in [4.69, 9.17) is 10.1 Å². The summed E-state index contributed by atoms with van der Waals surface area (Å²) in [7, 11) is 0. The minimum absolute atomic E-state index is 1.24. The maximum atomic E-state index is 8.11. The molecule has 0 fully saturated rings. The van der Waals surface area contributed by atoms with E-state index in [-0.39, 0.29) is 0 Å². The first kappa shape index (κ1) is 12.6. The molecule has 3 heteroatoms. The van der Waals surface area contributed by atoms with Crippen LogP contribution in [0.25, 0.3) is 0 Å². The monoisotopic (exact) mass is 195 g/mol. The third kappa shape index (κ3) is 7.28. The maximum Gasteiger partial charge on any atom is 0.152 e. The van der Waals surface area contributed by atoms with E-state index in [9.17, 15) is 0 Å². The Hall–Kier alpha value is -1.38. The van der Waals surface area contributed by atoms with Crippen molar-refractivity contribution in [1.82, 2.24) is 0 Å². The van der Waals surface area contributed by atoms with Crippen molar-refractivity contribution >= 4 is 0 Å². The van der Waals surface area contributed by atoms with Crippen LogP contribution in [0.5, 0.6) is 0 Å². The van der Waals surface area contributed by atoms with Crippen molar-refractivity contribution in [3.8, 4) is 0 Å². The topological polar surface area (TPSA) is 49.7 Å². The molecule has 0 bridgehead atoms. The first-order valence-corrected chi connectivity index (χ1v) is 4.85. The molecule has 3 nitrogen and oxygen atoms in total. The lowest BCUT2D eigenvalue weighted by Gasteiger charge is -1.98. The number of hydrogen-bond acceptors (Lipinski definition) is 2. The number of nitrogens with zero attached hydrogens (tertiary/aromatic N) is 1. The van der Waals surface area contributed by atoms with Crippen LogP contribution in [-0.2, 0) is 6.42 Å². The van der Waals surface area contributed by atoms with Crippen LogP contribution in [0.4, 0.5) is 0 Å². The van der Waals surface area contributed by atoms with Crippen LogP contribution in [0.15, 0.2) is 35.7 Å². The summed E-state index contributed by atoms with van der Waals surface area (Å²) in [5, 5.41) is 7.89. The third-order valence-corrected chi connectivity index (χ3v) is 1.91. The van der Waals surface area contributed by atoms with Crippen LogP contribution in [0.2, 0.25) is 0 Å². The summed E-state index contributed by atoms with van der Waals surface area (Å²) in [6.45, 7) is 2.24. The highest BCUT2D eigenvalue weighted by atomic mass is 16.6. The van der Waals surface area contributed by atoms with Gasteiger partial charge in [-0.3, -0.25) is 0 Å². The summed E-state index contributed by atoms with van der Waals surface area (Å²) in [5.41, 5.74) is 1.47. The van der Waals surface area contributed by atoms with Crippen LogP contribution in [0.3, 0.4) is 0 Å². The predicted molar refractivity (Wildman–Crippen MR) is 57.3 cm³/mol. The van der Waals surface area contributed by atoms with Crippen LogP contribution < -0.4 is 0 Å². The van der Waals surface area contributed by atoms with Crippen molar-refractivity contribution in [2.24, 2.45) is 5.34 Å². The van der Waals surface area contributed by atoms with Gasteiger partial charge in [-0.25, -0.2) is 0 Å². The van der Waals surface area contributed by atoms with Crippen LogP contribution in [0, 0.1) is 4.91 Å². The standard InChI is InChI=1S/C11H16.HNO2/c1-2-3-5-8-11-9-6-4-7-10-11;2-1-3/h4,6-7,9-10H,2-3,5,8H2,1H3;(H,2,3). The zero-order valence-corrected chi connectivity index (χ0v) is 8.52. The van der Waals surface area contributed by atoms with Crippen molar-refractivity contribution in [3.63, 3.8) is 0 Å². The SMILES string of the molecule is CCCCCc1ccccc1.O=NO. The zero-order valence-electron chi connectivity index (χ0n) is 8.52. The average molecular weight is 195 g/mol. The molecule has 0 saturated heterocycles. The number of benzene rings is 1. The Morgan fingerprint density at radius 3 is 2.29 bits per heavy atom. The first-order chi connectivity index (χ1) is 6.85. The summed E-state index contributed by atoms with van der Waals surface area (Å²) in [6.07, 6.45) is 5.25. The fourth-order valence-electron chi connectivity index (χ4n) is 1.22. The molecule has 14 heavy (non-hydrogen) atoms. The molecule has 1 aromatic carbocycles. The highest BCUT2D eigenvalue weighted by molar-refractivity contribution is 5.14. The molecule has 0 saturated carbocycles. The first-order valence-electron chi connectivity index (χ1n) is 4.85. The van der Waals surface area contributed by atoms with Gasteiger partial charge in [-0.05, 0) is 18.4 Å². The average Bonchev–Trinajstić information content (AvgIpc) is 2.21. The van der Waals surface area contributed by atoms with E-state index in [0.717, 1.165) is 0 Å². The second-order valence-corrected chi connectivity index (χ2v) is 3.02. The van der Waals surface area contributed by atoms with Crippen molar-refractivity contribution in [2.75, 3.05) is 0 Å². The van der Waals surface area contributed by atoms with Crippen molar-refractivity contribution in [1.29, 1.82) is 0 Å². The Morgan fingerprint density at radius 1 is 1.21 bits per heavy atom. The minimum atomic E-state index is 1.24. The Bertz CT molecular complexity index is 224. The van der Waals surface area contributed by atoms with Gasteiger partial charge in [0.05, 0.1) is 0 Å². The lowest BCUT2D eigenvalue weighted by atomic mass is 10.1. The van der Waals surface area contributed by atoms with Gasteiger partial charge < -0.3 is 5.21 Å². The van der Waals surface area contributed by atoms with Crippen molar-refractivity contribution in [3.05, 3.63) is 40.8 Å². The van der Waals surface area contributed by atoms with Crippen LogP contribution >= 0.6 is 0 Å². The fourth-order valence-corrected chi connectivity index (χ4v) is 1.22. The van der Waals surface area contributed by atoms with E-state index >= 15 is 0 Å². The van der Waals surface area contributed by atoms with Crippen LogP contribution in [0.1, 0.15) is 31.7 Å². The molecule has 0 amide bonds. The van der Waals surface area contributed by atoms with Gasteiger partial charge in [-0.2, -0.15) is 0 Å². The summed E-state index contributed by atoms with van der Waals surface area (Å²) in [5.74, 6) is 0. The smallest absolute Gasteiger partial charge is 0.152 e. The number of hydrogen-bond donors (Lipinski definition) is 1. The third-order valence-electron chi connectivity index (χ3n) is 1.91. The number of rotatable bonds is 4. The molecule has 1 N–H and O–H groups in total. The van der Waals surface area contributed by atoms with Gasteiger partial charge in [0.25, 0.3) is 0 Å². The molecule has 0 aliphatic heterocycles. The Labute approximate surface area is 84.7 Å². The summed E-state index contributed by atoms with van der Waals surface area (Å²) < 4.78 is 0. The van der Waals surface area contributed by atoms with Crippen molar-refractivity contribution in [2.45, 2.75) is 32.6 Å². The Kier molecular flexibility index (Phi) is 8.75. The summed E-state index contributed by atoms with van der Waals surface area (Å²) in [6, 6.07) is 10.7. The molecule has 0 unspecified atom stereocenters. The lowest BCUT2D eigenvalue weighted by molar-refractivity contribution is 0.312. The second kappa shape index (κ2) is 9.71. The molecule has 0 radical (unpaired) electrons. The van der Waals surface area contributed by atoms with E-state index in [1.807, 2.05) is 0 Å². The molecule has 1 aromatic rings. The Morgan fingerprint density at radius 2 is 1.79 bits per heavy atom. The summed E-state index contributed by atoms with van der Waals surface area (Å²) >= 11 is 0. The highest BCUT2D eigenvalue weighted by Gasteiger charge is 1.89. The molecular formula is C11H17NO2. The van der Waals surface area contributed by atoms with E-state index in [2.05, 4.69) is 37.3 Å². The highest BCUT2D eigenvalue weighted by Crippen LogP contribution is 2.05. The van der Waals surface area contributed by atoms with Gasteiger partial charge in [0.1, 0.15) is 0 Å². The summed E-state index contributed by atoms with van der Waals surface area (Å²) in [4.78, 5) is 8.11. The molecular weight excluding hydrogens is 178 g/mol. The largest absolute Gasteiger partial charge is 0.379 e. The normalized spacial score (nSPS) is 8.64. The van der Waals surface area contributed by atoms with Crippen molar-refractivity contribution < 1.29 is 5.21 Å². The Balaban J connectivity index is 0.000000500. The number of aryl methyl sites for hydroxylation is 1. The molecule has 0 atom stereocenters. The maximum absolute atomic E-state index is 8.11. The van der Waals surface area contributed by atoms with Crippen LogP contribution in [-0.4, -0.2) is 5.21 Å². The second-order valence-electron chi connectivity index (χ2n) is 3.02. The van der Waals surface area contributed by atoms with Gasteiger partial charge in [0.15, 0.2) is 5.34 Å². The minimum Gasteiger partial charge on any atom is -0.379 e. The van der Waals surface area contributed by atoms with Gasteiger partial charge in [0, 0.05) is 0 Å². The molecule has 0 spiro atoms. The van der Waals surface area contributed by atoms with E-state index in [0.29, 0.717) is 0 Å². The molecule has 0 heterocycles.